The van der Waals surface area contributed by atoms with Gasteiger partial charge in [0.2, 0.25) is 0 Å². The molecule has 6 rings (SSSR count). The van der Waals surface area contributed by atoms with Crippen molar-refractivity contribution in [1.82, 2.24) is 0 Å². The second-order valence-corrected chi connectivity index (χ2v) is 11.0. The van der Waals surface area contributed by atoms with E-state index in [0.717, 1.165) is 0 Å². The molecule has 0 aromatic heterocycles. The van der Waals surface area contributed by atoms with Crippen molar-refractivity contribution in [2.45, 2.75) is 19.1 Å². The van der Waals surface area contributed by atoms with Crippen LogP contribution in [0.2, 0.25) is 0 Å². The fraction of sp³-hybridized carbons (Fsp3) is 0.0769. The number of para-hydroxylation sites is 1. The zero-order chi connectivity index (χ0) is 36.4. The third kappa shape index (κ3) is 8.29. The first kappa shape index (κ1) is 34.9. The number of halogens is 9. The van der Waals surface area contributed by atoms with Crippen LogP contribution in [0.25, 0.3) is 55.6 Å². The molecule has 6 aromatic rings. The first-order valence-electron chi connectivity index (χ1n) is 15.1. The molecule has 0 radical (unpaired) electrons. The summed E-state index contributed by atoms with van der Waals surface area (Å²) in [6.45, 7) is 0. The molecule has 0 fully saturated rings. The summed E-state index contributed by atoms with van der Waals surface area (Å²) >= 11 is 0. The van der Waals surface area contributed by atoms with Crippen LogP contribution in [0.1, 0.15) is 0 Å². The Morgan fingerprint density at radius 3 is 1.24 bits per heavy atom. The first-order chi connectivity index (χ1) is 24.2. The highest BCUT2D eigenvalue weighted by Gasteiger charge is 2.41. The molecule has 0 saturated heterocycles. The zero-order valence-electron chi connectivity index (χ0n) is 25.9. The van der Waals surface area contributed by atoms with Crippen molar-refractivity contribution in [3.05, 3.63) is 140 Å². The van der Waals surface area contributed by atoms with Gasteiger partial charge in [0, 0.05) is 22.3 Å². The molecule has 0 saturated carbocycles. The number of ether oxygens (including phenoxy) is 3. The van der Waals surface area contributed by atoms with Crippen molar-refractivity contribution < 1.29 is 53.7 Å². The minimum Gasteiger partial charge on any atom is -0.404 e. The van der Waals surface area contributed by atoms with Gasteiger partial charge < -0.3 is 14.2 Å². The van der Waals surface area contributed by atoms with Gasteiger partial charge in [0.15, 0.2) is 11.5 Å². The van der Waals surface area contributed by atoms with E-state index in [1.165, 1.54) is 78.9 Å². The summed E-state index contributed by atoms with van der Waals surface area (Å²) in [5.74, 6) is -3.61. The molecule has 0 heterocycles. The Morgan fingerprint density at radius 1 is 0.314 bits per heavy atom. The predicted molar refractivity (Wildman–Crippen MR) is 174 cm³/mol. The van der Waals surface area contributed by atoms with Gasteiger partial charge in [-0.05, 0) is 39.4 Å². The summed E-state index contributed by atoms with van der Waals surface area (Å²) in [5, 5.41) is 0. The quantitative estimate of drug-likeness (QED) is 0.147. The van der Waals surface area contributed by atoms with E-state index in [1.54, 1.807) is 54.6 Å². The second kappa shape index (κ2) is 13.8. The molecular formula is C39H23F9O3. The minimum atomic E-state index is -5.56. The fourth-order valence-corrected chi connectivity index (χ4v) is 5.72. The summed E-state index contributed by atoms with van der Waals surface area (Å²) in [4.78, 5) is 0. The molecule has 0 atom stereocenters. The van der Waals surface area contributed by atoms with Gasteiger partial charge in [-0.15, -0.1) is 39.5 Å². The number of benzene rings is 6. The lowest BCUT2D eigenvalue weighted by Crippen LogP contribution is -2.22. The summed E-state index contributed by atoms with van der Waals surface area (Å²) in [6, 6.07) is 34.2. The maximum atomic E-state index is 14.2. The Morgan fingerprint density at radius 2 is 0.725 bits per heavy atom. The number of hydrogen-bond acceptors (Lipinski definition) is 3. The average molecular weight is 711 g/mol. The largest absolute Gasteiger partial charge is 0.573 e. The predicted octanol–water partition coefficient (Wildman–Crippen LogP) is 12.7. The molecule has 0 aliphatic carbocycles. The molecular weight excluding hydrogens is 687 g/mol. The normalized spacial score (nSPS) is 12.0. The van der Waals surface area contributed by atoms with Crippen molar-refractivity contribution in [3.63, 3.8) is 0 Å². The van der Waals surface area contributed by atoms with Crippen LogP contribution in [0.15, 0.2) is 140 Å². The highest BCUT2D eigenvalue weighted by Crippen LogP contribution is 2.55. The van der Waals surface area contributed by atoms with E-state index in [2.05, 4.69) is 14.2 Å². The van der Waals surface area contributed by atoms with E-state index in [-0.39, 0.29) is 38.9 Å². The third-order valence-electron chi connectivity index (χ3n) is 7.64. The van der Waals surface area contributed by atoms with Crippen LogP contribution in [0.3, 0.4) is 0 Å². The molecule has 12 heteroatoms. The molecule has 6 aromatic carbocycles. The van der Waals surface area contributed by atoms with Crippen LogP contribution in [0.4, 0.5) is 39.5 Å². The smallest absolute Gasteiger partial charge is 0.404 e. The van der Waals surface area contributed by atoms with E-state index >= 15 is 0 Å². The Labute approximate surface area is 285 Å². The maximum absolute atomic E-state index is 14.2. The Hall–Kier alpha value is -5.91. The number of hydrogen-bond donors (Lipinski definition) is 0. The lowest BCUT2D eigenvalue weighted by Gasteiger charge is -2.26. The van der Waals surface area contributed by atoms with Crippen molar-refractivity contribution in [3.8, 4) is 72.9 Å². The summed E-state index contributed by atoms with van der Waals surface area (Å²) in [6.07, 6.45) is -16.4. The molecule has 0 unspecified atom stereocenters. The second-order valence-electron chi connectivity index (χ2n) is 11.0. The van der Waals surface area contributed by atoms with Crippen LogP contribution in [0.5, 0.6) is 17.2 Å². The van der Waals surface area contributed by atoms with Gasteiger partial charge in [-0.1, -0.05) is 133 Å². The third-order valence-corrected chi connectivity index (χ3v) is 7.64. The van der Waals surface area contributed by atoms with Gasteiger partial charge in [-0.25, -0.2) is 0 Å². The van der Waals surface area contributed by atoms with E-state index < -0.39 is 41.9 Å². The van der Waals surface area contributed by atoms with Crippen LogP contribution >= 0.6 is 0 Å². The van der Waals surface area contributed by atoms with E-state index in [4.69, 9.17) is 0 Å². The van der Waals surface area contributed by atoms with E-state index in [9.17, 15) is 39.5 Å². The van der Waals surface area contributed by atoms with Gasteiger partial charge >= 0.3 is 19.1 Å². The van der Waals surface area contributed by atoms with Crippen LogP contribution < -0.4 is 14.2 Å². The van der Waals surface area contributed by atoms with Crippen molar-refractivity contribution >= 4 is 0 Å². The lowest BCUT2D eigenvalue weighted by atomic mass is 9.84. The van der Waals surface area contributed by atoms with E-state index in [1.807, 2.05) is 0 Å². The highest BCUT2D eigenvalue weighted by atomic mass is 19.4. The standard InChI is InChI=1S/C39H23F9O3/c40-37(41,42)49-32-23-31(27-15-8-3-9-16-27)34(30-18-10-17-29(26-13-6-2-7-14-26)35(30)50-38(43,44)45)33(36(32)51-39(46,47)48)28-21-19-25(20-22-28)24-11-4-1-5-12-24/h1-23H. The molecule has 0 aliphatic rings. The molecule has 0 spiro atoms. The number of rotatable bonds is 8. The van der Waals surface area contributed by atoms with Gasteiger partial charge in [0.05, 0.1) is 0 Å². The maximum Gasteiger partial charge on any atom is 0.573 e. The Balaban J connectivity index is 1.78. The summed E-state index contributed by atoms with van der Waals surface area (Å²) in [5.41, 5.74) is -0.0848. The molecule has 0 aliphatic heterocycles. The number of alkyl halides is 9. The SMILES string of the molecule is FC(F)(F)Oc1cc(-c2ccccc2)c(-c2cccc(-c3ccccc3)c2OC(F)(F)F)c(-c2ccc(-c3ccccc3)cc2)c1OC(F)(F)F. The minimum absolute atomic E-state index is 0.0938. The van der Waals surface area contributed by atoms with Gasteiger partial charge in [0.25, 0.3) is 0 Å². The molecule has 51 heavy (non-hydrogen) atoms. The zero-order valence-corrected chi connectivity index (χ0v) is 25.9. The van der Waals surface area contributed by atoms with Crippen LogP contribution in [-0.2, 0) is 0 Å². The topological polar surface area (TPSA) is 27.7 Å². The van der Waals surface area contributed by atoms with Crippen LogP contribution in [-0.4, -0.2) is 19.1 Å². The van der Waals surface area contributed by atoms with Crippen molar-refractivity contribution in [2.24, 2.45) is 0 Å². The van der Waals surface area contributed by atoms with Crippen LogP contribution in [0, 0.1) is 0 Å². The fourth-order valence-electron chi connectivity index (χ4n) is 5.72. The molecule has 0 bridgehead atoms. The molecule has 260 valence electrons. The average Bonchev–Trinajstić information content (AvgIpc) is 3.08. The van der Waals surface area contributed by atoms with Gasteiger partial charge in [-0.2, -0.15) is 0 Å². The Bertz CT molecular complexity index is 2110. The molecule has 0 N–H and O–H groups in total. The molecule has 3 nitrogen and oxygen atoms in total. The monoisotopic (exact) mass is 710 g/mol. The summed E-state index contributed by atoms with van der Waals surface area (Å²) in [7, 11) is 0. The van der Waals surface area contributed by atoms with Crippen molar-refractivity contribution in [1.29, 1.82) is 0 Å². The highest BCUT2D eigenvalue weighted by molar-refractivity contribution is 6.02. The van der Waals surface area contributed by atoms with E-state index in [0.29, 0.717) is 17.2 Å². The summed E-state index contributed by atoms with van der Waals surface area (Å²) < 4.78 is 140. The first-order valence-corrected chi connectivity index (χ1v) is 15.1. The Kier molecular flexibility index (Phi) is 9.44. The van der Waals surface area contributed by atoms with Gasteiger partial charge in [-0.3, -0.25) is 0 Å². The lowest BCUT2D eigenvalue weighted by molar-refractivity contribution is -0.287. The van der Waals surface area contributed by atoms with Crippen molar-refractivity contribution in [2.75, 3.05) is 0 Å². The molecule has 0 amide bonds. The van der Waals surface area contributed by atoms with Gasteiger partial charge in [0.1, 0.15) is 5.75 Å².